The van der Waals surface area contributed by atoms with Crippen molar-refractivity contribution < 1.29 is 28.8 Å². The summed E-state index contributed by atoms with van der Waals surface area (Å²) in [5.74, 6) is -0.163. The molecule has 26 heavy (non-hydrogen) atoms. The highest BCUT2D eigenvalue weighted by Gasteiger charge is 2.22. The highest BCUT2D eigenvalue weighted by molar-refractivity contribution is 5.95. The van der Waals surface area contributed by atoms with Crippen molar-refractivity contribution in [3.63, 3.8) is 0 Å². The van der Waals surface area contributed by atoms with Gasteiger partial charge in [0.2, 0.25) is 0 Å². The Bertz CT molecular complexity index is 625. The van der Waals surface area contributed by atoms with Gasteiger partial charge in [0.05, 0.1) is 12.2 Å². The lowest BCUT2D eigenvalue weighted by atomic mass is 10.1. The highest BCUT2D eigenvalue weighted by Crippen LogP contribution is 2.08. The van der Waals surface area contributed by atoms with Crippen LogP contribution < -0.4 is 4.57 Å². The van der Waals surface area contributed by atoms with Crippen molar-refractivity contribution >= 4 is 11.9 Å². The second kappa shape index (κ2) is 10.3. The molecule has 1 amide bonds. The molecule has 0 aromatic carbocycles. The maximum atomic E-state index is 12.2. The molecule has 0 atom stereocenters. The summed E-state index contributed by atoms with van der Waals surface area (Å²) >= 11 is 0. The van der Waals surface area contributed by atoms with Gasteiger partial charge in [-0.15, -0.1) is 10.1 Å². The molecule has 9 heteroatoms. The number of carbonyl (C=O) groups excluding carboxylic acids is 2. The Morgan fingerprint density at radius 3 is 2.50 bits per heavy atom. The van der Waals surface area contributed by atoms with E-state index in [1.807, 2.05) is 27.7 Å². The van der Waals surface area contributed by atoms with Gasteiger partial charge in [0.25, 0.3) is 11.8 Å². The van der Waals surface area contributed by atoms with Gasteiger partial charge in [0.1, 0.15) is 0 Å². The van der Waals surface area contributed by atoms with E-state index in [-0.39, 0.29) is 44.0 Å². The number of ether oxygens (including phenoxy) is 1. The van der Waals surface area contributed by atoms with Crippen LogP contribution in [-0.4, -0.2) is 40.6 Å². The van der Waals surface area contributed by atoms with Gasteiger partial charge < -0.3 is 14.5 Å². The number of hydrogen-bond donors (Lipinski definition) is 0. The highest BCUT2D eigenvalue weighted by atomic mass is 16.9. The first-order chi connectivity index (χ1) is 12.2. The molecule has 0 bridgehead atoms. The molecule has 0 saturated carbocycles. The lowest BCUT2D eigenvalue weighted by Crippen LogP contribution is -2.45. The first-order valence-electron chi connectivity index (χ1n) is 8.47. The Morgan fingerprint density at radius 2 is 1.92 bits per heavy atom. The van der Waals surface area contributed by atoms with Crippen LogP contribution in [0.1, 0.15) is 50.9 Å². The summed E-state index contributed by atoms with van der Waals surface area (Å²) in [5, 5.41) is 9.19. The van der Waals surface area contributed by atoms with E-state index in [4.69, 9.17) is 4.74 Å². The molecule has 9 nitrogen and oxygen atoms in total. The third-order valence-corrected chi connectivity index (χ3v) is 3.59. The molecule has 0 spiro atoms. The van der Waals surface area contributed by atoms with Gasteiger partial charge in [-0.3, -0.25) is 4.79 Å². The lowest BCUT2D eigenvalue weighted by Gasteiger charge is -2.29. The number of rotatable bonds is 10. The van der Waals surface area contributed by atoms with Crippen LogP contribution in [0.15, 0.2) is 24.5 Å². The molecule has 0 fully saturated rings. The third kappa shape index (κ3) is 7.04. The predicted octanol–water partition coefficient (Wildman–Crippen LogP) is 2.36. The maximum Gasteiger partial charge on any atom is 0.415 e. The van der Waals surface area contributed by atoms with Crippen LogP contribution in [0, 0.1) is 10.1 Å². The van der Waals surface area contributed by atoms with E-state index in [0.717, 1.165) is 0 Å². The van der Waals surface area contributed by atoms with Crippen molar-refractivity contribution in [2.75, 3.05) is 6.61 Å². The van der Waals surface area contributed by atoms with Crippen LogP contribution in [0.4, 0.5) is 4.79 Å². The molecule has 1 rings (SSSR count). The zero-order chi connectivity index (χ0) is 19.7. The molecule has 0 aliphatic heterocycles. The van der Waals surface area contributed by atoms with E-state index in [1.165, 1.54) is 0 Å². The Hall–Kier alpha value is -2.71. The summed E-state index contributed by atoms with van der Waals surface area (Å²) in [6, 6.07) is 3.35. The average Bonchev–Trinajstić information content (AvgIpc) is 2.56. The minimum absolute atomic E-state index is 0.0136. The lowest BCUT2D eigenvalue weighted by molar-refractivity contribution is -0.757. The fourth-order valence-corrected chi connectivity index (χ4v) is 2.51. The van der Waals surface area contributed by atoms with E-state index in [1.54, 1.807) is 34.0 Å². The molecule has 0 aliphatic carbocycles. The standard InChI is InChI=1S/C17H26N3O6/c1-13(2)19(14(3)4)17(22)25-12-18-9-5-7-15(11-18)16(21)8-6-10-26-20(23)24/h5,7,9,11,13-14H,6,8,10,12H2,1-4H3/q+1. The number of Topliss-reactive ketones (excluding diaryl/α,β-unsaturated/α-hetero) is 1. The summed E-state index contributed by atoms with van der Waals surface area (Å²) in [7, 11) is 0. The second-order valence-corrected chi connectivity index (χ2v) is 6.32. The fourth-order valence-electron chi connectivity index (χ4n) is 2.51. The number of ketones is 1. The van der Waals surface area contributed by atoms with Crippen molar-refractivity contribution in [2.24, 2.45) is 0 Å². The quantitative estimate of drug-likeness (QED) is 0.206. The smallest absolute Gasteiger partial charge is 0.388 e. The number of nitrogens with zero attached hydrogens (tertiary/aromatic N) is 3. The Balaban J connectivity index is 2.59. The van der Waals surface area contributed by atoms with Crippen LogP contribution >= 0.6 is 0 Å². The molecule has 1 heterocycles. The topological polar surface area (TPSA) is 103 Å². The van der Waals surface area contributed by atoms with E-state index < -0.39 is 11.2 Å². The Kier molecular flexibility index (Phi) is 8.47. The second-order valence-electron chi connectivity index (χ2n) is 6.32. The van der Waals surface area contributed by atoms with Crippen molar-refractivity contribution in [1.29, 1.82) is 0 Å². The van der Waals surface area contributed by atoms with Gasteiger partial charge in [0, 0.05) is 24.6 Å². The zero-order valence-electron chi connectivity index (χ0n) is 15.6. The predicted molar refractivity (Wildman–Crippen MR) is 91.7 cm³/mol. The summed E-state index contributed by atoms with van der Waals surface area (Å²) < 4.78 is 6.91. The van der Waals surface area contributed by atoms with Crippen LogP contribution in [0.25, 0.3) is 0 Å². The van der Waals surface area contributed by atoms with Crippen molar-refractivity contribution in [3.05, 3.63) is 40.2 Å². The first kappa shape index (κ1) is 21.3. The van der Waals surface area contributed by atoms with Crippen molar-refractivity contribution in [1.82, 2.24) is 4.90 Å². The average molecular weight is 368 g/mol. The number of aromatic nitrogens is 1. The third-order valence-electron chi connectivity index (χ3n) is 3.59. The zero-order valence-corrected chi connectivity index (χ0v) is 15.6. The summed E-state index contributed by atoms with van der Waals surface area (Å²) in [6.07, 6.45) is 3.23. The van der Waals surface area contributed by atoms with E-state index in [2.05, 4.69) is 4.84 Å². The Morgan fingerprint density at radius 1 is 1.27 bits per heavy atom. The van der Waals surface area contributed by atoms with Gasteiger partial charge in [-0.2, -0.15) is 4.57 Å². The molecular weight excluding hydrogens is 342 g/mol. The molecule has 1 aromatic heterocycles. The maximum absolute atomic E-state index is 12.2. The molecule has 0 N–H and O–H groups in total. The molecule has 0 unspecified atom stereocenters. The summed E-state index contributed by atoms with van der Waals surface area (Å²) in [6.45, 7) is 7.52. The number of amides is 1. The monoisotopic (exact) mass is 368 g/mol. The normalized spacial score (nSPS) is 10.7. The summed E-state index contributed by atoms with van der Waals surface area (Å²) in [5.41, 5.74) is 0.439. The number of pyridine rings is 1. The van der Waals surface area contributed by atoms with Gasteiger partial charge in [-0.25, -0.2) is 4.79 Å². The minimum atomic E-state index is -0.882. The molecule has 0 aliphatic rings. The minimum Gasteiger partial charge on any atom is -0.388 e. The van der Waals surface area contributed by atoms with Crippen LogP contribution in [0.5, 0.6) is 0 Å². The van der Waals surface area contributed by atoms with Gasteiger partial charge in [-0.1, -0.05) is 0 Å². The Labute approximate surface area is 152 Å². The van der Waals surface area contributed by atoms with E-state index in [0.29, 0.717) is 5.56 Å². The van der Waals surface area contributed by atoms with Crippen molar-refractivity contribution in [3.8, 4) is 0 Å². The molecule has 0 saturated heterocycles. The molecular formula is C17H26N3O6+. The van der Waals surface area contributed by atoms with E-state index >= 15 is 0 Å². The fraction of sp³-hybridized carbons (Fsp3) is 0.588. The summed E-state index contributed by atoms with van der Waals surface area (Å²) in [4.78, 5) is 40.2. The molecule has 1 aromatic rings. The first-order valence-corrected chi connectivity index (χ1v) is 8.47. The molecule has 144 valence electrons. The van der Waals surface area contributed by atoms with E-state index in [9.17, 15) is 19.7 Å². The SMILES string of the molecule is CC(C)N(C(=O)OC[n+]1cccc(C(=O)CCCO[N+](=O)[O-])c1)C(C)C. The largest absolute Gasteiger partial charge is 0.415 e. The number of carbonyl (C=O) groups is 2. The van der Waals surface area contributed by atoms with Crippen molar-refractivity contribution in [2.45, 2.75) is 59.4 Å². The van der Waals surface area contributed by atoms with Crippen LogP contribution in [-0.2, 0) is 16.3 Å². The van der Waals surface area contributed by atoms with Gasteiger partial charge in [0.15, 0.2) is 18.2 Å². The van der Waals surface area contributed by atoms with Crippen LogP contribution in [0.3, 0.4) is 0 Å². The number of hydrogen-bond acceptors (Lipinski definition) is 6. The van der Waals surface area contributed by atoms with Crippen LogP contribution in [0.2, 0.25) is 0 Å². The molecule has 0 radical (unpaired) electrons. The van der Waals surface area contributed by atoms with Gasteiger partial charge in [-0.05, 0) is 40.2 Å². The van der Waals surface area contributed by atoms with Gasteiger partial charge >= 0.3 is 6.09 Å².